The van der Waals surface area contributed by atoms with E-state index in [9.17, 15) is 8.42 Å². The predicted molar refractivity (Wildman–Crippen MR) is 80.5 cm³/mol. The minimum Gasteiger partial charge on any atom is -0.308 e. The molecule has 0 saturated heterocycles. The summed E-state index contributed by atoms with van der Waals surface area (Å²) in [4.78, 5) is 4.15. The van der Waals surface area contributed by atoms with Crippen LogP contribution in [0.5, 0.6) is 0 Å². The van der Waals surface area contributed by atoms with Crippen molar-refractivity contribution in [1.82, 2.24) is 9.29 Å². The van der Waals surface area contributed by atoms with Crippen molar-refractivity contribution in [3.05, 3.63) is 18.3 Å². The van der Waals surface area contributed by atoms with Crippen LogP contribution in [0.2, 0.25) is 0 Å². The maximum atomic E-state index is 12.6. The van der Waals surface area contributed by atoms with Gasteiger partial charge in [0.15, 0.2) is 0 Å². The topological polar surface area (TPSA) is 88.3 Å². The molecular formula is C13H24N4O2S. The Morgan fingerprint density at radius 2 is 1.75 bits per heavy atom. The quantitative estimate of drug-likeness (QED) is 0.590. The van der Waals surface area contributed by atoms with Crippen LogP contribution < -0.4 is 11.3 Å². The van der Waals surface area contributed by atoms with E-state index in [1.165, 1.54) is 16.6 Å². The lowest BCUT2D eigenvalue weighted by Crippen LogP contribution is -2.37. The molecular weight excluding hydrogens is 276 g/mol. The average molecular weight is 300 g/mol. The third kappa shape index (κ3) is 4.43. The van der Waals surface area contributed by atoms with Crippen LogP contribution >= 0.6 is 0 Å². The van der Waals surface area contributed by atoms with Crippen LogP contribution in [0.25, 0.3) is 0 Å². The summed E-state index contributed by atoms with van der Waals surface area (Å²) in [6, 6.07) is 3.07. The molecule has 0 aromatic carbocycles. The van der Waals surface area contributed by atoms with E-state index in [0.29, 0.717) is 18.9 Å². The minimum atomic E-state index is -3.51. The summed E-state index contributed by atoms with van der Waals surface area (Å²) in [5.41, 5.74) is 2.38. The molecule has 0 aliphatic heterocycles. The van der Waals surface area contributed by atoms with Crippen molar-refractivity contribution in [3.63, 3.8) is 0 Å². The van der Waals surface area contributed by atoms with Crippen LogP contribution in [-0.2, 0) is 10.0 Å². The molecule has 1 aromatic heterocycles. The number of anilines is 1. The summed E-state index contributed by atoms with van der Waals surface area (Å²) < 4.78 is 26.8. The number of pyridine rings is 1. The maximum Gasteiger partial charge on any atom is 0.244 e. The van der Waals surface area contributed by atoms with E-state index in [0.717, 1.165) is 0 Å². The van der Waals surface area contributed by atoms with Crippen LogP contribution in [0.4, 0.5) is 5.82 Å². The highest BCUT2D eigenvalue weighted by molar-refractivity contribution is 7.89. The summed E-state index contributed by atoms with van der Waals surface area (Å²) in [6.45, 7) is 9.00. The van der Waals surface area contributed by atoms with Gasteiger partial charge in [0, 0.05) is 19.3 Å². The first kappa shape index (κ1) is 16.9. The van der Waals surface area contributed by atoms with Crippen LogP contribution in [0.3, 0.4) is 0 Å². The van der Waals surface area contributed by atoms with Gasteiger partial charge in [-0.25, -0.2) is 19.2 Å². The van der Waals surface area contributed by atoms with Crippen LogP contribution in [0.1, 0.15) is 27.7 Å². The lowest BCUT2D eigenvalue weighted by atomic mass is 10.2. The van der Waals surface area contributed by atoms with Gasteiger partial charge in [-0.15, -0.1) is 0 Å². The van der Waals surface area contributed by atoms with E-state index < -0.39 is 10.0 Å². The third-order valence-electron chi connectivity index (χ3n) is 2.66. The number of hydrazine groups is 1. The zero-order valence-electron chi connectivity index (χ0n) is 12.5. The standard InChI is InChI=1S/C13H24N4O2S/c1-10(2)8-17(9-11(3)4)20(18,19)12-5-6-13(16-14)15-7-12/h5-7,10-11H,8-9,14H2,1-4H3,(H,15,16). The first-order valence-corrected chi connectivity index (χ1v) is 8.14. The second-order valence-electron chi connectivity index (χ2n) is 5.63. The lowest BCUT2D eigenvalue weighted by molar-refractivity contribution is 0.333. The van der Waals surface area contributed by atoms with Crippen molar-refractivity contribution >= 4 is 15.8 Å². The molecule has 20 heavy (non-hydrogen) atoms. The van der Waals surface area contributed by atoms with Crippen molar-refractivity contribution in [3.8, 4) is 0 Å². The first-order chi connectivity index (χ1) is 9.27. The molecule has 0 saturated carbocycles. The van der Waals surface area contributed by atoms with Crippen molar-refractivity contribution in [2.75, 3.05) is 18.5 Å². The van der Waals surface area contributed by atoms with Crippen LogP contribution in [0.15, 0.2) is 23.2 Å². The van der Waals surface area contributed by atoms with E-state index in [2.05, 4.69) is 10.4 Å². The third-order valence-corrected chi connectivity index (χ3v) is 4.47. The molecule has 3 N–H and O–H groups in total. The van der Waals surface area contributed by atoms with Gasteiger partial charge in [0.2, 0.25) is 10.0 Å². The molecule has 0 radical (unpaired) electrons. The number of hydrogen-bond acceptors (Lipinski definition) is 5. The lowest BCUT2D eigenvalue weighted by Gasteiger charge is -2.25. The highest BCUT2D eigenvalue weighted by Crippen LogP contribution is 2.19. The summed E-state index contributed by atoms with van der Waals surface area (Å²) in [6.07, 6.45) is 1.33. The van der Waals surface area contributed by atoms with Gasteiger partial charge < -0.3 is 5.43 Å². The van der Waals surface area contributed by atoms with Crippen molar-refractivity contribution in [2.24, 2.45) is 17.7 Å². The fraction of sp³-hybridized carbons (Fsp3) is 0.615. The number of hydrogen-bond donors (Lipinski definition) is 2. The smallest absolute Gasteiger partial charge is 0.244 e. The average Bonchev–Trinajstić information content (AvgIpc) is 2.37. The molecule has 114 valence electrons. The zero-order valence-corrected chi connectivity index (χ0v) is 13.3. The Bertz CT molecular complexity index is 502. The van der Waals surface area contributed by atoms with Gasteiger partial charge >= 0.3 is 0 Å². The fourth-order valence-electron chi connectivity index (χ4n) is 1.85. The molecule has 0 unspecified atom stereocenters. The molecule has 1 heterocycles. The van der Waals surface area contributed by atoms with E-state index in [1.54, 1.807) is 6.07 Å². The molecule has 0 amide bonds. The fourth-order valence-corrected chi connectivity index (χ4v) is 3.57. The van der Waals surface area contributed by atoms with E-state index in [4.69, 9.17) is 5.84 Å². The largest absolute Gasteiger partial charge is 0.308 e. The van der Waals surface area contributed by atoms with Gasteiger partial charge in [-0.1, -0.05) is 27.7 Å². The first-order valence-electron chi connectivity index (χ1n) is 6.70. The van der Waals surface area contributed by atoms with Gasteiger partial charge in [0.25, 0.3) is 0 Å². The Labute approximate surface area is 121 Å². The number of nitrogens with zero attached hydrogens (tertiary/aromatic N) is 2. The number of nitrogens with two attached hydrogens (primary N) is 1. The molecule has 6 nitrogen and oxygen atoms in total. The summed E-state index contributed by atoms with van der Waals surface area (Å²) in [7, 11) is -3.51. The number of sulfonamides is 1. The number of nitrogen functional groups attached to an aromatic ring is 1. The number of nitrogens with one attached hydrogen (secondary N) is 1. The molecule has 0 atom stereocenters. The van der Waals surface area contributed by atoms with Gasteiger partial charge in [-0.3, -0.25) is 0 Å². The van der Waals surface area contributed by atoms with Gasteiger partial charge in [-0.2, -0.15) is 4.31 Å². The molecule has 0 aliphatic rings. The normalized spacial score (nSPS) is 12.4. The van der Waals surface area contributed by atoms with Crippen LogP contribution in [-0.4, -0.2) is 30.8 Å². The Hall–Kier alpha value is -1.18. The van der Waals surface area contributed by atoms with Crippen molar-refractivity contribution in [1.29, 1.82) is 0 Å². The maximum absolute atomic E-state index is 12.6. The van der Waals surface area contributed by atoms with E-state index in [-0.39, 0.29) is 16.7 Å². The van der Waals surface area contributed by atoms with Crippen molar-refractivity contribution in [2.45, 2.75) is 32.6 Å². The second-order valence-corrected chi connectivity index (χ2v) is 7.57. The minimum absolute atomic E-state index is 0.192. The van der Waals surface area contributed by atoms with Crippen molar-refractivity contribution < 1.29 is 8.42 Å². The van der Waals surface area contributed by atoms with Crippen LogP contribution in [0, 0.1) is 11.8 Å². The second kappa shape index (κ2) is 7.01. The summed E-state index contributed by atoms with van der Waals surface area (Å²) in [5, 5.41) is 0. The Balaban J connectivity index is 3.07. The number of aromatic nitrogens is 1. The zero-order chi connectivity index (χ0) is 15.3. The number of rotatable bonds is 7. The molecule has 0 aliphatic carbocycles. The predicted octanol–water partition coefficient (Wildman–Crippen LogP) is 1.67. The molecule has 0 bridgehead atoms. The Morgan fingerprint density at radius 1 is 1.20 bits per heavy atom. The monoisotopic (exact) mass is 300 g/mol. The molecule has 0 spiro atoms. The Morgan fingerprint density at radius 3 is 2.10 bits per heavy atom. The van der Waals surface area contributed by atoms with Gasteiger partial charge in [0.1, 0.15) is 10.7 Å². The van der Waals surface area contributed by atoms with E-state index >= 15 is 0 Å². The SMILES string of the molecule is CC(C)CN(CC(C)C)S(=O)(=O)c1ccc(NN)nc1. The van der Waals surface area contributed by atoms with Gasteiger partial charge in [0.05, 0.1) is 0 Å². The Kier molecular flexibility index (Phi) is 5.91. The summed E-state index contributed by atoms with van der Waals surface area (Å²) in [5.74, 6) is 6.19. The van der Waals surface area contributed by atoms with E-state index in [1.807, 2.05) is 27.7 Å². The molecule has 7 heteroatoms. The summed E-state index contributed by atoms with van der Waals surface area (Å²) >= 11 is 0. The van der Waals surface area contributed by atoms with Gasteiger partial charge in [-0.05, 0) is 24.0 Å². The molecule has 1 aromatic rings. The highest BCUT2D eigenvalue weighted by Gasteiger charge is 2.26. The highest BCUT2D eigenvalue weighted by atomic mass is 32.2. The molecule has 0 fully saturated rings. The molecule has 1 rings (SSSR count).